The number of piperazine rings is 1. The van der Waals surface area contributed by atoms with Gasteiger partial charge in [0.05, 0.1) is 16.4 Å². The number of fused-ring (bicyclic) bond motifs is 1. The Morgan fingerprint density at radius 2 is 2.00 bits per heavy atom. The van der Waals surface area contributed by atoms with E-state index in [0.717, 1.165) is 31.6 Å². The van der Waals surface area contributed by atoms with Crippen LogP contribution in [0.5, 0.6) is 0 Å². The van der Waals surface area contributed by atoms with Crippen LogP contribution in [-0.2, 0) is 11.2 Å². The smallest absolute Gasteiger partial charge is 0.449 e. The lowest BCUT2D eigenvalue weighted by molar-refractivity contribution is 0.116. The highest BCUT2D eigenvalue weighted by Crippen LogP contribution is 2.47. The van der Waals surface area contributed by atoms with E-state index in [1.165, 1.54) is 6.07 Å². The fourth-order valence-corrected chi connectivity index (χ4v) is 3.94. The highest BCUT2D eigenvalue weighted by atomic mass is 35.5. The summed E-state index contributed by atoms with van der Waals surface area (Å²) >= 11 is 6.66. The Bertz CT molecular complexity index is 749. The van der Waals surface area contributed by atoms with Crippen LogP contribution in [0.15, 0.2) is 18.0 Å². The van der Waals surface area contributed by atoms with Crippen molar-refractivity contribution in [3.05, 3.63) is 34.4 Å². The third kappa shape index (κ3) is 3.56. The summed E-state index contributed by atoms with van der Waals surface area (Å²) in [5, 5.41) is 12.5. The predicted molar refractivity (Wildman–Crippen MR) is 100 cm³/mol. The minimum Gasteiger partial charge on any atom is -0.449 e. The first-order chi connectivity index (χ1) is 12.0. The van der Waals surface area contributed by atoms with Gasteiger partial charge in [-0.1, -0.05) is 11.6 Å². The number of benzene rings is 1. The van der Waals surface area contributed by atoms with E-state index in [4.69, 9.17) is 21.4 Å². The minimum atomic E-state index is -1.37. The molecule has 0 aromatic heterocycles. The lowest BCUT2D eigenvalue weighted by Gasteiger charge is -2.35. The molecule has 0 bridgehead atoms. The number of rotatable bonds is 3. The summed E-state index contributed by atoms with van der Waals surface area (Å²) in [5.74, 6) is -0.0877. The summed E-state index contributed by atoms with van der Waals surface area (Å²) in [6, 6.07) is 1.72. The van der Waals surface area contributed by atoms with Gasteiger partial charge >= 0.3 is 6.16 Å². The summed E-state index contributed by atoms with van der Waals surface area (Å²) in [5.41, 5.74) is 1.87. The maximum Gasteiger partial charge on any atom is 0.511 e. The lowest BCUT2D eigenvalue weighted by Crippen LogP contribution is -2.44. The van der Waals surface area contributed by atoms with Gasteiger partial charge in [0.15, 0.2) is 0 Å². The zero-order valence-corrected chi connectivity index (χ0v) is 15.6. The predicted octanol–water partition coefficient (Wildman–Crippen LogP) is 3.37. The minimum absolute atomic E-state index is 0. The molecule has 0 spiro atoms. The Labute approximate surface area is 161 Å². The highest BCUT2D eigenvalue weighted by molar-refractivity contribution is 6.36. The van der Waals surface area contributed by atoms with Crippen LogP contribution in [0.1, 0.15) is 18.4 Å². The van der Waals surface area contributed by atoms with Crippen LogP contribution in [-0.4, -0.2) is 43.5 Å². The second kappa shape index (κ2) is 7.50. The molecule has 1 aliphatic carbocycles. The van der Waals surface area contributed by atoms with Crippen molar-refractivity contribution < 1.29 is 19.0 Å². The van der Waals surface area contributed by atoms with E-state index in [9.17, 15) is 9.18 Å². The van der Waals surface area contributed by atoms with Crippen LogP contribution >= 0.6 is 24.0 Å². The number of carbonyl (C=O) groups is 1. The van der Waals surface area contributed by atoms with Gasteiger partial charge in [-0.25, -0.2) is 9.18 Å². The van der Waals surface area contributed by atoms with Crippen molar-refractivity contribution in [2.24, 2.45) is 0 Å². The fourth-order valence-electron chi connectivity index (χ4n) is 3.51. The number of hydrogen-bond acceptors (Lipinski definition) is 5. The van der Waals surface area contributed by atoms with Crippen molar-refractivity contribution in [2.45, 2.75) is 25.3 Å². The molecule has 0 radical (unpaired) electrons. The number of ether oxygens (including phenoxy) is 1. The van der Waals surface area contributed by atoms with Crippen LogP contribution in [0.4, 0.5) is 20.6 Å². The maximum absolute atomic E-state index is 14.8. The van der Waals surface area contributed by atoms with Gasteiger partial charge in [-0.15, -0.1) is 12.4 Å². The SMILES string of the molecule is Cl.O=C(O)OC1=CN(C2CC2)c2c(cc(F)c(N3CCNCC3)c2Cl)C1. The molecule has 2 fully saturated rings. The first-order valence-electron chi connectivity index (χ1n) is 8.41. The summed E-state index contributed by atoms with van der Waals surface area (Å²) in [7, 11) is 0. The third-order valence-corrected chi connectivity index (χ3v) is 5.10. The molecule has 1 aromatic carbocycles. The quantitative estimate of drug-likeness (QED) is 0.754. The van der Waals surface area contributed by atoms with E-state index in [1.54, 1.807) is 6.20 Å². The summed E-state index contributed by atoms with van der Waals surface area (Å²) in [4.78, 5) is 14.8. The van der Waals surface area contributed by atoms with Crippen molar-refractivity contribution in [1.82, 2.24) is 5.32 Å². The van der Waals surface area contributed by atoms with Gasteiger partial charge in [-0.2, -0.15) is 0 Å². The van der Waals surface area contributed by atoms with E-state index < -0.39 is 6.16 Å². The van der Waals surface area contributed by atoms with E-state index in [2.05, 4.69) is 5.32 Å². The molecule has 142 valence electrons. The van der Waals surface area contributed by atoms with Crippen molar-refractivity contribution in [1.29, 1.82) is 0 Å². The number of nitrogens with zero attached hydrogens (tertiary/aromatic N) is 2. The Balaban J connectivity index is 0.00000196. The molecule has 4 rings (SSSR count). The summed E-state index contributed by atoms with van der Waals surface area (Å²) in [6.07, 6.45) is 2.53. The Morgan fingerprint density at radius 1 is 1.31 bits per heavy atom. The highest BCUT2D eigenvalue weighted by Gasteiger charge is 2.36. The van der Waals surface area contributed by atoms with Crippen molar-refractivity contribution >= 4 is 41.5 Å². The molecule has 6 nitrogen and oxygen atoms in total. The number of allylic oxidation sites excluding steroid dienone is 1. The number of nitrogens with one attached hydrogen (secondary N) is 1. The molecule has 2 aliphatic heterocycles. The van der Waals surface area contributed by atoms with Gasteiger partial charge in [0.25, 0.3) is 0 Å². The molecule has 26 heavy (non-hydrogen) atoms. The average molecular weight is 404 g/mol. The van der Waals surface area contributed by atoms with E-state index in [-0.39, 0.29) is 36.4 Å². The van der Waals surface area contributed by atoms with Gasteiger partial charge in [-0.3, -0.25) is 0 Å². The molecule has 1 aromatic rings. The fraction of sp³-hybridized carbons (Fsp3) is 0.471. The van der Waals surface area contributed by atoms with Gasteiger partial charge in [0.1, 0.15) is 11.6 Å². The molecule has 0 unspecified atom stereocenters. The molecule has 2 heterocycles. The molecular formula is C17H20Cl2FN3O3. The molecular weight excluding hydrogens is 384 g/mol. The van der Waals surface area contributed by atoms with Crippen molar-refractivity contribution in [3.8, 4) is 0 Å². The molecule has 1 saturated heterocycles. The number of carboxylic acid groups (broad SMARTS) is 1. The first-order valence-corrected chi connectivity index (χ1v) is 8.78. The normalized spacial score (nSPS) is 19.4. The number of halogens is 3. The molecule has 0 amide bonds. The Hall–Kier alpha value is -1.70. The third-order valence-electron chi connectivity index (χ3n) is 4.75. The Morgan fingerprint density at radius 3 is 2.62 bits per heavy atom. The second-order valence-electron chi connectivity index (χ2n) is 6.54. The van der Waals surface area contributed by atoms with Gasteiger partial charge in [0, 0.05) is 44.8 Å². The van der Waals surface area contributed by atoms with E-state index >= 15 is 0 Å². The number of anilines is 2. The van der Waals surface area contributed by atoms with Gasteiger partial charge < -0.3 is 25.0 Å². The average Bonchev–Trinajstić information content (AvgIpc) is 3.39. The van der Waals surface area contributed by atoms with Crippen molar-refractivity contribution in [3.63, 3.8) is 0 Å². The number of hydrogen-bond donors (Lipinski definition) is 2. The monoisotopic (exact) mass is 403 g/mol. The van der Waals surface area contributed by atoms with Crippen molar-refractivity contribution in [2.75, 3.05) is 36.0 Å². The van der Waals surface area contributed by atoms with Gasteiger partial charge in [-0.05, 0) is 24.5 Å². The largest absolute Gasteiger partial charge is 0.511 e. The van der Waals surface area contributed by atoms with Crippen LogP contribution in [0, 0.1) is 5.82 Å². The van der Waals surface area contributed by atoms with Crippen LogP contribution < -0.4 is 15.1 Å². The summed E-state index contributed by atoms with van der Waals surface area (Å²) < 4.78 is 19.6. The first kappa shape index (κ1) is 19.1. The molecule has 2 N–H and O–H groups in total. The topological polar surface area (TPSA) is 65.0 Å². The summed E-state index contributed by atoms with van der Waals surface area (Å²) in [6.45, 7) is 2.97. The van der Waals surface area contributed by atoms with Crippen LogP contribution in [0.3, 0.4) is 0 Å². The maximum atomic E-state index is 14.8. The van der Waals surface area contributed by atoms with Crippen LogP contribution in [0.2, 0.25) is 5.02 Å². The Kier molecular flexibility index (Phi) is 5.50. The zero-order valence-electron chi connectivity index (χ0n) is 14.0. The zero-order chi connectivity index (χ0) is 17.6. The van der Waals surface area contributed by atoms with Gasteiger partial charge in [0.2, 0.25) is 0 Å². The molecule has 9 heteroatoms. The second-order valence-corrected chi connectivity index (χ2v) is 6.92. The molecule has 1 saturated carbocycles. The lowest BCUT2D eigenvalue weighted by atomic mass is 10.0. The van der Waals surface area contributed by atoms with E-state index in [0.29, 0.717) is 29.4 Å². The standard InChI is InChI=1S/C17H19ClFN3O3.ClH/c18-14-15-10(8-13(19)16(14)21-5-3-20-4-6-21)7-12(25-17(23)24)9-22(15)11-1-2-11;/h8-9,11,20H,1-7H2,(H,23,24);1H. The van der Waals surface area contributed by atoms with Crippen LogP contribution in [0.25, 0.3) is 0 Å². The molecule has 3 aliphatic rings. The molecule has 0 atom stereocenters. The van der Waals surface area contributed by atoms with E-state index in [1.807, 2.05) is 9.80 Å².